The van der Waals surface area contributed by atoms with Crippen molar-refractivity contribution in [2.75, 3.05) is 19.6 Å². The molecule has 1 atom stereocenters. The molecule has 0 radical (unpaired) electrons. The maximum Gasteiger partial charge on any atom is 0.0115 e. The summed E-state index contributed by atoms with van der Waals surface area (Å²) in [7, 11) is 0. The third-order valence-electron chi connectivity index (χ3n) is 5.20. The van der Waals surface area contributed by atoms with Gasteiger partial charge in [0, 0.05) is 19.1 Å². The lowest BCUT2D eigenvalue weighted by Crippen LogP contribution is -2.54. The van der Waals surface area contributed by atoms with Crippen LogP contribution in [0.3, 0.4) is 0 Å². The SMILES string of the molecule is CCC(CC)(CC)CN1CCC(N)C(C)(C)C1.Cl. The molecule has 0 spiro atoms. The van der Waals surface area contributed by atoms with Crippen molar-refractivity contribution in [3.63, 3.8) is 0 Å². The molecule has 1 heterocycles. The standard InChI is InChI=1S/C15H32N2.ClH/c1-6-15(7-2,8-3)12-17-10-9-13(16)14(4,5)11-17;/h13H,6-12,16H2,1-5H3;1H. The van der Waals surface area contributed by atoms with Gasteiger partial charge in [0.05, 0.1) is 0 Å². The van der Waals surface area contributed by atoms with Crippen molar-refractivity contribution in [3.05, 3.63) is 0 Å². The molecule has 0 aromatic heterocycles. The lowest BCUT2D eigenvalue weighted by atomic mass is 9.76. The minimum Gasteiger partial charge on any atom is -0.327 e. The van der Waals surface area contributed by atoms with Gasteiger partial charge in [-0.2, -0.15) is 0 Å². The summed E-state index contributed by atoms with van der Waals surface area (Å²) in [5.74, 6) is 0. The predicted molar refractivity (Wildman–Crippen MR) is 83.4 cm³/mol. The van der Waals surface area contributed by atoms with Crippen molar-refractivity contribution in [3.8, 4) is 0 Å². The number of hydrogen-bond donors (Lipinski definition) is 1. The Balaban J connectivity index is 0.00000289. The number of rotatable bonds is 5. The third-order valence-corrected chi connectivity index (χ3v) is 5.20. The van der Waals surface area contributed by atoms with Crippen LogP contribution in [0.1, 0.15) is 60.3 Å². The van der Waals surface area contributed by atoms with E-state index in [1.807, 2.05) is 0 Å². The zero-order chi connectivity index (χ0) is 13.1. The first-order valence-corrected chi connectivity index (χ1v) is 7.37. The lowest BCUT2D eigenvalue weighted by molar-refractivity contribution is 0.0489. The van der Waals surface area contributed by atoms with Crippen LogP contribution in [0.2, 0.25) is 0 Å². The van der Waals surface area contributed by atoms with Crippen molar-refractivity contribution in [1.82, 2.24) is 4.90 Å². The Bertz CT molecular complexity index is 228. The average Bonchev–Trinajstić information content (AvgIpc) is 2.31. The molecule has 1 fully saturated rings. The molecule has 18 heavy (non-hydrogen) atoms. The summed E-state index contributed by atoms with van der Waals surface area (Å²) >= 11 is 0. The molecule has 2 N–H and O–H groups in total. The second kappa shape index (κ2) is 7.12. The fraction of sp³-hybridized carbons (Fsp3) is 1.00. The summed E-state index contributed by atoms with van der Waals surface area (Å²) in [5.41, 5.74) is 7.01. The Kier molecular flexibility index (Phi) is 7.20. The van der Waals surface area contributed by atoms with Crippen molar-refractivity contribution < 1.29 is 0 Å². The topological polar surface area (TPSA) is 29.3 Å². The van der Waals surface area contributed by atoms with E-state index in [2.05, 4.69) is 39.5 Å². The highest BCUT2D eigenvalue weighted by Crippen LogP contribution is 2.35. The second-order valence-corrected chi connectivity index (χ2v) is 6.66. The summed E-state index contributed by atoms with van der Waals surface area (Å²) in [5, 5.41) is 0. The molecule has 1 unspecified atom stereocenters. The highest BCUT2D eigenvalue weighted by molar-refractivity contribution is 5.85. The van der Waals surface area contributed by atoms with Crippen LogP contribution in [0.15, 0.2) is 0 Å². The molecule has 3 heteroatoms. The molecular formula is C15H33ClN2. The molecule has 110 valence electrons. The van der Waals surface area contributed by atoms with Gasteiger partial charge >= 0.3 is 0 Å². The van der Waals surface area contributed by atoms with E-state index in [0.29, 0.717) is 11.5 Å². The maximum absolute atomic E-state index is 6.21. The van der Waals surface area contributed by atoms with E-state index in [-0.39, 0.29) is 17.8 Å². The van der Waals surface area contributed by atoms with Gasteiger partial charge in [-0.3, -0.25) is 0 Å². The molecule has 0 aliphatic carbocycles. The van der Waals surface area contributed by atoms with Gasteiger partial charge in [-0.05, 0) is 43.1 Å². The van der Waals surface area contributed by atoms with E-state index >= 15 is 0 Å². The quantitative estimate of drug-likeness (QED) is 0.830. The Hall–Kier alpha value is 0.210. The number of hydrogen-bond acceptors (Lipinski definition) is 2. The zero-order valence-corrected chi connectivity index (χ0v) is 13.8. The van der Waals surface area contributed by atoms with Gasteiger partial charge in [0.2, 0.25) is 0 Å². The van der Waals surface area contributed by atoms with Crippen molar-refractivity contribution in [2.24, 2.45) is 16.6 Å². The number of nitrogens with zero attached hydrogens (tertiary/aromatic N) is 1. The molecule has 0 bridgehead atoms. The number of piperidine rings is 1. The minimum atomic E-state index is 0. The molecule has 0 saturated carbocycles. The van der Waals surface area contributed by atoms with Crippen LogP contribution in [-0.4, -0.2) is 30.6 Å². The van der Waals surface area contributed by atoms with Crippen LogP contribution in [0.25, 0.3) is 0 Å². The fourth-order valence-electron chi connectivity index (χ4n) is 3.18. The Morgan fingerprint density at radius 1 is 1.17 bits per heavy atom. The van der Waals surface area contributed by atoms with Crippen molar-refractivity contribution in [2.45, 2.75) is 66.3 Å². The monoisotopic (exact) mass is 276 g/mol. The van der Waals surface area contributed by atoms with E-state index in [0.717, 1.165) is 13.0 Å². The van der Waals surface area contributed by atoms with Crippen molar-refractivity contribution in [1.29, 1.82) is 0 Å². The Morgan fingerprint density at radius 2 is 1.67 bits per heavy atom. The van der Waals surface area contributed by atoms with Gasteiger partial charge in [-0.1, -0.05) is 34.6 Å². The Morgan fingerprint density at radius 3 is 2.06 bits per heavy atom. The summed E-state index contributed by atoms with van der Waals surface area (Å²) < 4.78 is 0. The normalized spacial score (nSPS) is 24.7. The number of nitrogens with two attached hydrogens (primary N) is 1. The molecule has 1 saturated heterocycles. The van der Waals surface area contributed by atoms with Gasteiger partial charge in [0.15, 0.2) is 0 Å². The van der Waals surface area contributed by atoms with Crippen LogP contribution in [0.5, 0.6) is 0 Å². The molecule has 0 aromatic rings. The molecule has 1 aliphatic heterocycles. The van der Waals surface area contributed by atoms with E-state index in [4.69, 9.17) is 5.73 Å². The third kappa shape index (κ3) is 4.11. The first-order chi connectivity index (χ1) is 7.89. The van der Waals surface area contributed by atoms with E-state index in [9.17, 15) is 0 Å². The van der Waals surface area contributed by atoms with Gasteiger partial charge in [0.1, 0.15) is 0 Å². The number of halogens is 1. The van der Waals surface area contributed by atoms with E-state index < -0.39 is 0 Å². The van der Waals surface area contributed by atoms with Gasteiger partial charge in [0.25, 0.3) is 0 Å². The summed E-state index contributed by atoms with van der Waals surface area (Å²) in [6, 6.07) is 0.373. The largest absolute Gasteiger partial charge is 0.327 e. The van der Waals surface area contributed by atoms with Crippen molar-refractivity contribution >= 4 is 12.4 Å². The fourth-order valence-corrected chi connectivity index (χ4v) is 3.18. The van der Waals surface area contributed by atoms with E-state index in [1.165, 1.54) is 32.4 Å². The zero-order valence-electron chi connectivity index (χ0n) is 13.0. The predicted octanol–water partition coefficient (Wildman–Crippen LogP) is 3.68. The highest BCUT2D eigenvalue weighted by Gasteiger charge is 2.36. The van der Waals surface area contributed by atoms with E-state index in [1.54, 1.807) is 0 Å². The first-order valence-electron chi connectivity index (χ1n) is 7.37. The van der Waals surface area contributed by atoms with Gasteiger partial charge < -0.3 is 10.6 Å². The minimum absolute atomic E-state index is 0. The van der Waals surface area contributed by atoms with Crippen LogP contribution >= 0.6 is 12.4 Å². The molecule has 1 aliphatic rings. The molecule has 0 amide bonds. The lowest BCUT2D eigenvalue weighted by Gasteiger charge is -2.46. The second-order valence-electron chi connectivity index (χ2n) is 6.66. The maximum atomic E-state index is 6.21. The average molecular weight is 277 g/mol. The molecule has 1 rings (SSSR count). The Labute approximate surface area is 120 Å². The number of likely N-dealkylation sites (tertiary alicyclic amines) is 1. The molecule has 2 nitrogen and oxygen atoms in total. The summed E-state index contributed by atoms with van der Waals surface area (Å²) in [6.07, 6.45) is 5.04. The smallest absolute Gasteiger partial charge is 0.0115 e. The summed E-state index contributed by atoms with van der Waals surface area (Å²) in [4.78, 5) is 2.65. The van der Waals surface area contributed by atoms with Crippen LogP contribution in [0, 0.1) is 10.8 Å². The molecular weight excluding hydrogens is 244 g/mol. The van der Waals surface area contributed by atoms with Gasteiger partial charge in [-0.15, -0.1) is 12.4 Å². The first kappa shape index (κ1) is 18.2. The van der Waals surface area contributed by atoms with Crippen LogP contribution < -0.4 is 5.73 Å². The highest BCUT2D eigenvalue weighted by atomic mass is 35.5. The van der Waals surface area contributed by atoms with Crippen LogP contribution in [0.4, 0.5) is 0 Å². The molecule has 0 aromatic carbocycles. The summed E-state index contributed by atoms with van der Waals surface area (Å²) in [6.45, 7) is 15.3. The van der Waals surface area contributed by atoms with Crippen LogP contribution in [-0.2, 0) is 0 Å². The van der Waals surface area contributed by atoms with Gasteiger partial charge in [-0.25, -0.2) is 0 Å².